The molecule has 6 nitrogen and oxygen atoms in total. The van der Waals surface area contributed by atoms with Gasteiger partial charge in [0, 0.05) is 24.2 Å². The van der Waals surface area contributed by atoms with E-state index in [9.17, 15) is 4.79 Å². The van der Waals surface area contributed by atoms with Gasteiger partial charge >= 0.3 is 0 Å². The average Bonchev–Trinajstić information content (AvgIpc) is 2.57. The molecule has 0 fully saturated rings. The van der Waals surface area contributed by atoms with Crippen molar-refractivity contribution in [2.24, 2.45) is 0 Å². The highest BCUT2D eigenvalue weighted by atomic mass is 35.5. The van der Waals surface area contributed by atoms with E-state index in [1.54, 1.807) is 25.1 Å². The highest BCUT2D eigenvalue weighted by Crippen LogP contribution is 2.10. The monoisotopic (exact) mass is 361 g/mol. The number of carbonyl (C=O) groups excluding carboxylic acids is 1. The van der Waals surface area contributed by atoms with Crippen LogP contribution in [0.5, 0.6) is 0 Å². The number of nitrogens with zero attached hydrogens (tertiary/aromatic N) is 3. The summed E-state index contributed by atoms with van der Waals surface area (Å²) >= 11 is 5.86. The topological polar surface area (TPSA) is 70.2 Å². The molecule has 2 rings (SSSR count). The molecule has 2 aromatic rings. The number of aryl methyl sites for hydroxylation is 1. The number of benzene rings is 1. The fourth-order valence-corrected chi connectivity index (χ4v) is 2.39. The van der Waals surface area contributed by atoms with Gasteiger partial charge < -0.3 is 15.5 Å². The lowest BCUT2D eigenvalue weighted by molar-refractivity contribution is 0.0945. The first kappa shape index (κ1) is 19.1. The smallest absolute Gasteiger partial charge is 0.270 e. The number of hydrogen-bond acceptors (Lipinski definition) is 5. The largest absolute Gasteiger partial charge is 0.370 e. The lowest BCUT2D eigenvalue weighted by atomic mass is 10.2. The fraction of sp³-hybridized carbons (Fsp3) is 0.389. The van der Waals surface area contributed by atoms with Crippen LogP contribution in [0.4, 0.5) is 5.82 Å². The maximum atomic E-state index is 12.3. The first-order valence-electron chi connectivity index (χ1n) is 8.21. The lowest BCUT2D eigenvalue weighted by Gasteiger charge is -2.11. The molecule has 7 heteroatoms. The van der Waals surface area contributed by atoms with Crippen LogP contribution in [-0.4, -0.2) is 48.0 Å². The normalized spacial score (nSPS) is 10.8. The van der Waals surface area contributed by atoms with Gasteiger partial charge in [0.05, 0.1) is 0 Å². The molecule has 0 radical (unpaired) electrons. The van der Waals surface area contributed by atoms with Crippen LogP contribution in [0.3, 0.4) is 0 Å². The van der Waals surface area contributed by atoms with Crippen molar-refractivity contribution in [2.75, 3.05) is 32.5 Å². The van der Waals surface area contributed by atoms with Crippen molar-refractivity contribution >= 4 is 23.3 Å². The second kappa shape index (κ2) is 9.34. The average molecular weight is 362 g/mol. The molecule has 0 bridgehead atoms. The van der Waals surface area contributed by atoms with Crippen molar-refractivity contribution in [1.82, 2.24) is 20.2 Å². The van der Waals surface area contributed by atoms with E-state index >= 15 is 0 Å². The van der Waals surface area contributed by atoms with Gasteiger partial charge in [0.15, 0.2) is 0 Å². The Balaban J connectivity index is 1.93. The summed E-state index contributed by atoms with van der Waals surface area (Å²) in [4.78, 5) is 23.0. The van der Waals surface area contributed by atoms with E-state index in [0.717, 1.165) is 25.1 Å². The second-order valence-corrected chi connectivity index (χ2v) is 6.51. The van der Waals surface area contributed by atoms with E-state index in [1.165, 1.54) is 0 Å². The Morgan fingerprint density at radius 3 is 2.60 bits per heavy atom. The van der Waals surface area contributed by atoms with Gasteiger partial charge in [0.25, 0.3) is 5.91 Å². The van der Waals surface area contributed by atoms with E-state index in [1.807, 2.05) is 26.2 Å². The van der Waals surface area contributed by atoms with Crippen LogP contribution in [0.2, 0.25) is 5.02 Å². The highest BCUT2D eigenvalue weighted by molar-refractivity contribution is 6.30. The Hall–Kier alpha value is -2.18. The van der Waals surface area contributed by atoms with Crippen molar-refractivity contribution in [3.63, 3.8) is 0 Å². The molecule has 1 amide bonds. The summed E-state index contributed by atoms with van der Waals surface area (Å²) in [7, 11) is 4.08. The number of anilines is 1. The summed E-state index contributed by atoms with van der Waals surface area (Å²) in [6, 6.07) is 9.04. The summed E-state index contributed by atoms with van der Waals surface area (Å²) in [5.74, 6) is 1.01. The van der Waals surface area contributed by atoms with Gasteiger partial charge in [-0.3, -0.25) is 4.79 Å². The SMILES string of the molecule is Cc1nc(NCCCN(C)C)cc(C(=O)NCc2ccc(Cl)cc2)n1. The van der Waals surface area contributed by atoms with Gasteiger partial charge in [0.1, 0.15) is 17.3 Å². The molecule has 25 heavy (non-hydrogen) atoms. The molecule has 0 aliphatic carbocycles. The number of nitrogens with one attached hydrogen (secondary N) is 2. The molecule has 0 aliphatic rings. The van der Waals surface area contributed by atoms with Crippen LogP contribution < -0.4 is 10.6 Å². The predicted molar refractivity (Wildman–Crippen MR) is 101 cm³/mol. The Morgan fingerprint density at radius 1 is 1.20 bits per heavy atom. The van der Waals surface area contributed by atoms with E-state index in [4.69, 9.17) is 11.6 Å². The van der Waals surface area contributed by atoms with Gasteiger partial charge in [-0.2, -0.15) is 0 Å². The van der Waals surface area contributed by atoms with Crippen LogP contribution in [-0.2, 0) is 6.54 Å². The van der Waals surface area contributed by atoms with Gasteiger partial charge in [0.2, 0.25) is 0 Å². The van der Waals surface area contributed by atoms with Crippen LogP contribution >= 0.6 is 11.6 Å². The van der Waals surface area contributed by atoms with E-state index in [0.29, 0.717) is 28.9 Å². The van der Waals surface area contributed by atoms with Gasteiger partial charge in [-0.25, -0.2) is 9.97 Å². The maximum absolute atomic E-state index is 12.3. The molecule has 1 aromatic heterocycles. The van der Waals surface area contributed by atoms with Crippen LogP contribution in [0.1, 0.15) is 28.3 Å². The zero-order chi connectivity index (χ0) is 18.2. The van der Waals surface area contributed by atoms with Crippen molar-refractivity contribution in [3.8, 4) is 0 Å². The van der Waals surface area contributed by atoms with Crippen LogP contribution in [0.25, 0.3) is 0 Å². The third-order valence-electron chi connectivity index (χ3n) is 3.53. The van der Waals surface area contributed by atoms with Gasteiger partial charge in [-0.15, -0.1) is 0 Å². The third-order valence-corrected chi connectivity index (χ3v) is 3.78. The summed E-state index contributed by atoms with van der Waals surface area (Å²) < 4.78 is 0. The molecule has 0 saturated carbocycles. The quantitative estimate of drug-likeness (QED) is 0.707. The zero-order valence-electron chi connectivity index (χ0n) is 14.8. The van der Waals surface area contributed by atoms with E-state index in [-0.39, 0.29) is 5.91 Å². The Bertz CT molecular complexity index is 703. The number of halogens is 1. The van der Waals surface area contributed by atoms with E-state index in [2.05, 4.69) is 25.5 Å². The molecule has 0 aliphatic heterocycles. The minimum atomic E-state index is -0.225. The number of amides is 1. The second-order valence-electron chi connectivity index (χ2n) is 6.08. The minimum Gasteiger partial charge on any atom is -0.370 e. The van der Waals surface area contributed by atoms with Crippen molar-refractivity contribution in [1.29, 1.82) is 0 Å². The highest BCUT2D eigenvalue weighted by Gasteiger charge is 2.10. The summed E-state index contributed by atoms with van der Waals surface area (Å²) in [5, 5.41) is 6.78. The van der Waals surface area contributed by atoms with Gasteiger partial charge in [-0.1, -0.05) is 23.7 Å². The molecule has 1 heterocycles. The fourth-order valence-electron chi connectivity index (χ4n) is 2.26. The van der Waals surface area contributed by atoms with Crippen LogP contribution in [0.15, 0.2) is 30.3 Å². The Labute approximate surface area is 153 Å². The minimum absolute atomic E-state index is 0.225. The molecule has 0 saturated heterocycles. The first-order valence-corrected chi connectivity index (χ1v) is 8.59. The van der Waals surface area contributed by atoms with Gasteiger partial charge in [-0.05, 0) is 51.7 Å². The molecule has 134 valence electrons. The Kier molecular flexibility index (Phi) is 7.16. The van der Waals surface area contributed by atoms with Crippen molar-refractivity contribution in [2.45, 2.75) is 19.9 Å². The molecule has 0 spiro atoms. The molecule has 0 unspecified atom stereocenters. The molecule has 2 N–H and O–H groups in total. The number of aromatic nitrogens is 2. The standard InChI is InChI=1S/C18H24ClN5O/c1-13-22-16(11-17(23-13)20-9-4-10-24(2)3)18(25)21-12-14-5-7-15(19)8-6-14/h5-8,11H,4,9-10,12H2,1-3H3,(H,21,25)(H,20,22,23). The first-order chi connectivity index (χ1) is 11.9. The number of carbonyl (C=O) groups is 1. The lowest BCUT2D eigenvalue weighted by Crippen LogP contribution is -2.24. The molecular weight excluding hydrogens is 338 g/mol. The van der Waals surface area contributed by atoms with Crippen LogP contribution in [0, 0.1) is 6.92 Å². The summed E-state index contributed by atoms with van der Waals surface area (Å²) in [6.45, 7) is 3.98. The van der Waals surface area contributed by atoms with Crippen molar-refractivity contribution in [3.05, 3.63) is 52.4 Å². The maximum Gasteiger partial charge on any atom is 0.270 e. The molecule has 1 aromatic carbocycles. The summed E-state index contributed by atoms with van der Waals surface area (Å²) in [6.07, 6.45) is 0.994. The Morgan fingerprint density at radius 2 is 1.92 bits per heavy atom. The number of rotatable bonds is 8. The zero-order valence-corrected chi connectivity index (χ0v) is 15.6. The van der Waals surface area contributed by atoms with Crippen molar-refractivity contribution < 1.29 is 4.79 Å². The van der Waals surface area contributed by atoms with E-state index < -0.39 is 0 Å². The summed E-state index contributed by atoms with van der Waals surface area (Å²) in [5.41, 5.74) is 1.34. The number of hydrogen-bond donors (Lipinski definition) is 2. The predicted octanol–water partition coefficient (Wildman–Crippen LogP) is 2.73. The third kappa shape index (κ3) is 6.68. The molecular formula is C18H24ClN5O. The molecule has 0 atom stereocenters.